The molecular weight excluding hydrogens is 262 g/mol. The van der Waals surface area contributed by atoms with Gasteiger partial charge in [0.05, 0.1) is 6.54 Å². The van der Waals surface area contributed by atoms with E-state index in [1.165, 1.54) is 24.8 Å². The van der Waals surface area contributed by atoms with Gasteiger partial charge in [-0.15, -0.1) is 0 Å². The van der Waals surface area contributed by atoms with Gasteiger partial charge in [-0.2, -0.15) is 0 Å². The summed E-state index contributed by atoms with van der Waals surface area (Å²) in [6, 6.07) is 4.08. The second-order valence-corrected chi connectivity index (χ2v) is 5.25. The largest absolute Gasteiger partial charge is 0.363 e. The van der Waals surface area contributed by atoms with Crippen molar-refractivity contribution in [2.24, 2.45) is 4.99 Å². The van der Waals surface area contributed by atoms with Gasteiger partial charge in [0, 0.05) is 33.4 Å². The van der Waals surface area contributed by atoms with Gasteiger partial charge in [-0.25, -0.2) is 9.98 Å². The molecule has 0 fully saturated rings. The van der Waals surface area contributed by atoms with E-state index in [9.17, 15) is 0 Å². The van der Waals surface area contributed by atoms with Crippen molar-refractivity contribution in [3.8, 4) is 0 Å². The van der Waals surface area contributed by atoms with Crippen LogP contribution < -0.4 is 15.5 Å². The van der Waals surface area contributed by atoms with E-state index in [1.54, 1.807) is 0 Å². The molecule has 0 amide bonds. The lowest BCUT2D eigenvalue weighted by Crippen LogP contribution is -2.37. The highest BCUT2D eigenvalue weighted by atomic mass is 15.2. The molecule has 5 heteroatoms. The van der Waals surface area contributed by atoms with Crippen LogP contribution in [0.5, 0.6) is 0 Å². The third-order valence-corrected chi connectivity index (χ3v) is 3.10. The summed E-state index contributed by atoms with van der Waals surface area (Å²) in [6.07, 6.45) is 5.51. The molecule has 0 saturated heterocycles. The Morgan fingerprint density at radius 1 is 1.24 bits per heavy atom. The Morgan fingerprint density at radius 3 is 2.71 bits per heavy atom. The summed E-state index contributed by atoms with van der Waals surface area (Å²) in [6.45, 7) is 6.80. The molecule has 1 heterocycles. The normalized spacial score (nSPS) is 11.3. The molecule has 21 heavy (non-hydrogen) atoms. The van der Waals surface area contributed by atoms with Crippen molar-refractivity contribution in [1.29, 1.82) is 0 Å². The van der Waals surface area contributed by atoms with Crippen LogP contribution in [-0.2, 0) is 6.54 Å². The highest BCUT2D eigenvalue weighted by Crippen LogP contribution is 2.10. The van der Waals surface area contributed by atoms with E-state index >= 15 is 0 Å². The molecule has 0 saturated carbocycles. The Morgan fingerprint density at radius 2 is 2.05 bits per heavy atom. The molecule has 1 aromatic rings. The lowest BCUT2D eigenvalue weighted by atomic mass is 10.2. The molecule has 0 bridgehead atoms. The molecule has 1 rings (SSSR count). The van der Waals surface area contributed by atoms with Crippen LogP contribution in [-0.4, -0.2) is 38.1 Å². The highest BCUT2D eigenvalue weighted by Gasteiger charge is 2.00. The average molecular weight is 291 g/mol. The van der Waals surface area contributed by atoms with Gasteiger partial charge >= 0.3 is 0 Å². The first-order chi connectivity index (χ1) is 10.2. The van der Waals surface area contributed by atoms with Gasteiger partial charge in [0.2, 0.25) is 0 Å². The van der Waals surface area contributed by atoms with E-state index < -0.39 is 0 Å². The van der Waals surface area contributed by atoms with Gasteiger partial charge < -0.3 is 15.5 Å². The summed E-state index contributed by atoms with van der Waals surface area (Å²) in [7, 11) is 3.99. The Hall–Kier alpha value is -1.78. The van der Waals surface area contributed by atoms with E-state index in [0.29, 0.717) is 6.54 Å². The number of guanidine groups is 1. The molecule has 5 nitrogen and oxygen atoms in total. The van der Waals surface area contributed by atoms with Crippen molar-refractivity contribution in [3.63, 3.8) is 0 Å². The monoisotopic (exact) mass is 291 g/mol. The number of rotatable bonds is 8. The maximum absolute atomic E-state index is 4.63. The van der Waals surface area contributed by atoms with Crippen LogP contribution in [0.1, 0.15) is 38.7 Å². The van der Waals surface area contributed by atoms with Crippen LogP contribution in [0.4, 0.5) is 5.82 Å². The van der Waals surface area contributed by atoms with Crippen LogP contribution in [0.2, 0.25) is 0 Å². The zero-order valence-corrected chi connectivity index (χ0v) is 13.8. The first kappa shape index (κ1) is 17.3. The first-order valence-corrected chi connectivity index (χ1v) is 7.81. The number of hydrogen-bond donors (Lipinski definition) is 2. The number of nitrogens with zero attached hydrogens (tertiary/aromatic N) is 3. The minimum absolute atomic E-state index is 0.659. The smallest absolute Gasteiger partial charge is 0.191 e. The number of pyridine rings is 1. The number of unbranched alkanes of at least 4 members (excludes halogenated alkanes) is 2. The van der Waals surface area contributed by atoms with E-state index in [4.69, 9.17) is 0 Å². The molecule has 0 aliphatic rings. The second kappa shape index (κ2) is 10.0. The predicted octanol–water partition coefficient (Wildman–Crippen LogP) is 2.39. The lowest BCUT2D eigenvalue weighted by molar-refractivity contribution is 0.683. The van der Waals surface area contributed by atoms with E-state index in [1.807, 2.05) is 31.3 Å². The molecular formula is C16H29N5. The standard InChI is InChI=1S/C16H29N5/c1-5-7-8-10-19-16(17-6-2)20-13-14-9-11-18-15(12-14)21(3)4/h9,11-12H,5-8,10,13H2,1-4H3,(H2,17,19,20). The van der Waals surface area contributed by atoms with Crippen molar-refractivity contribution in [2.45, 2.75) is 39.7 Å². The molecule has 0 spiro atoms. The molecule has 0 aromatic carbocycles. The summed E-state index contributed by atoms with van der Waals surface area (Å²) < 4.78 is 0. The van der Waals surface area contributed by atoms with Crippen LogP contribution in [0.3, 0.4) is 0 Å². The van der Waals surface area contributed by atoms with Gasteiger partial charge in [0.1, 0.15) is 5.82 Å². The van der Waals surface area contributed by atoms with Crippen LogP contribution in [0, 0.1) is 0 Å². The molecule has 2 N–H and O–H groups in total. The molecule has 118 valence electrons. The average Bonchev–Trinajstić information content (AvgIpc) is 2.49. The highest BCUT2D eigenvalue weighted by molar-refractivity contribution is 5.79. The molecule has 0 aliphatic carbocycles. The van der Waals surface area contributed by atoms with Crippen molar-refractivity contribution in [1.82, 2.24) is 15.6 Å². The van der Waals surface area contributed by atoms with Gasteiger partial charge in [-0.05, 0) is 31.0 Å². The van der Waals surface area contributed by atoms with Crippen LogP contribution in [0.15, 0.2) is 23.3 Å². The minimum Gasteiger partial charge on any atom is -0.363 e. The predicted molar refractivity (Wildman–Crippen MR) is 90.9 cm³/mol. The van der Waals surface area contributed by atoms with Gasteiger partial charge in [-0.3, -0.25) is 0 Å². The lowest BCUT2D eigenvalue weighted by Gasteiger charge is -2.13. The van der Waals surface area contributed by atoms with Gasteiger partial charge in [-0.1, -0.05) is 19.8 Å². The molecule has 0 radical (unpaired) electrons. The van der Waals surface area contributed by atoms with Crippen LogP contribution >= 0.6 is 0 Å². The molecule has 0 aliphatic heterocycles. The Kier molecular flexibility index (Phi) is 8.24. The third kappa shape index (κ3) is 6.97. The van der Waals surface area contributed by atoms with Crippen molar-refractivity contribution in [2.75, 3.05) is 32.1 Å². The van der Waals surface area contributed by atoms with Crippen LogP contribution in [0.25, 0.3) is 0 Å². The fraction of sp³-hybridized carbons (Fsp3) is 0.625. The summed E-state index contributed by atoms with van der Waals surface area (Å²) in [5.74, 6) is 1.85. The quantitative estimate of drug-likeness (QED) is 0.439. The number of aromatic nitrogens is 1. The Balaban J connectivity index is 2.58. The third-order valence-electron chi connectivity index (χ3n) is 3.10. The summed E-state index contributed by atoms with van der Waals surface area (Å²) in [5.41, 5.74) is 1.17. The minimum atomic E-state index is 0.659. The Bertz CT molecular complexity index is 428. The zero-order chi connectivity index (χ0) is 15.5. The fourth-order valence-electron chi connectivity index (χ4n) is 1.90. The van der Waals surface area contributed by atoms with Crippen molar-refractivity contribution >= 4 is 11.8 Å². The van der Waals surface area contributed by atoms with Crippen molar-refractivity contribution in [3.05, 3.63) is 23.9 Å². The number of anilines is 1. The molecule has 0 atom stereocenters. The first-order valence-electron chi connectivity index (χ1n) is 7.81. The summed E-state index contributed by atoms with van der Waals surface area (Å²) in [5, 5.41) is 6.66. The van der Waals surface area contributed by atoms with E-state index in [2.05, 4.69) is 40.5 Å². The molecule has 0 unspecified atom stereocenters. The fourth-order valence-corrected chi connectivity index (χ4v) is 1.90. The summed E-state index contributed by atoms with van der Waals surface area (Å²) >= 11 is 0. The van der Waals surface area contributed by atoms with E-state index in [0.717, 1.165) is 24.9 Å². The number of hydrogen-bond acceptors (Lipinski definition) is 3. The van der Waals surface area contributed by atoms with Gasteiger partial charge in [0.15, 0.2) is 5.96 Å². The maximum atomic E-state index is 4.63. The van der Waals surface area contributed by atoms with Crippen molar-refractivity contribution < 1.29 is 0 Å². The second-order valence-electron chi connectivity index (χ2n) is 5.25. The number of nitrogens with one attached hydrogen (secondary N) is 2. The topological polar surface area (TPSA) is 52.6 Å². The number of aliphatic imine (C=N–C) groups is 1. The zero-order valence-electron chi connectivity index (χ0n) is 13.8. The maximum Gasteiger partial charge on any atom is 0.191 e. The molecule has 1 aromatic heterocycles. The SMILES string of the molecule is CCCCCNC(=NCc1ccnc(N(C)C)c1)NCC. The summed E-state index contributed by atoms with van der Waals surface area (Å²) in [4.78, 5) is 10.9. The van der Waals surface area contributed by atoms with Gasteiger partial charge in [0.25, 0.3) is 0 Å². The Labute approximate surface area is 128 Å². The van der Waals surface area contributed by atoms with E-state index in [-0.39, 0.29) is 0 Å².